The van der Waals surface area contributed by atoms with E-state index >= 15 is 0 Å². The van der Waals surface area contributed by atoms with E-state index in [1.165, 1.54) is 22.2 Å². The molecule has 2 aromatic rings. The third kappa shape index (κ3) is 4.44. The first kappa shape index (κ1) is 22.2. The summed E-state index contributed by atoms with van der Waals surface area (Å²) < 4.78 is 27.2. The fourth-order valence-corrected chi connectivity index (χ4v) is 5.65. The number of nitrogens with one attached hydrogen (secondary N) is 1. The molecule has 2 aliphatic heterocycles. The number of Topliss-reactive ketones (excluding diaryl/α,β-unsaturated/α-hetero) is 1. The number of hydrogen-bond donors (Lipinski definition) is 1. The molecule has 2 amide bonds. The van der Waals surface area contributed by atoms with Gasteiger partial charge >= 0.3 is 0 Å². The zero-order valence-electron chi connectivity index (χ0n) is 17.8. The maximum atomic E-state index is 12.9. The number of anilines is 2. The van der Waals surface area contributed by atoms with Gasteiger partial charge in [-0.25, -0.2) is 8.42 Å². The third-order valence-electron chi connectivity index (χ3n) is 5.83. The quantitative estimate of drug-likeness (QED) is 0.675. The van der Waals surface area contributed by atoms with Crippen molar-refractivity contribution in [3.8, 4) is 0 Å². The highest BCUT2D eigenvalue weighted by Gasteiger charge is 2.31. The number of carbonyl (C=O) groups is 3. The highest BCUT2D eigenvalue weighted by atomic mass is 32.2. The Kier molecular flexibility index (Phi) is 6.12. The van der Waals surface area contributed by atoms with Crippen molar-refractivity contribution < 1.29 is 22.8 Å². The number of nitrogens with zero attached hydrogens (tertiary/aromatic N) is 2. The SMILES string of the molecule is CC(=O)c1ccc(NC(=O)CN2C(=O)CCc3cc(S(=O)(=O)N4CCCC4)ccc32)cc1. The second-order valence-corrected chi connectivity index (χ2v) is 10.0. The van der Waals surface area contributed by atoms with Gasteiger partial charge in [-0.05, 0) is 74.2 Å². The van der Waals surface area contributed by atoms with Crippen LogP contribution in [0.2, 0.25) is 0 Å². The van der Waals surface area contributed by atoms with Crippen LogP contribution < -0.4 is 10.2 Å². The lowest BCUT2D eigenvalue weighted by Gasteiger charge is -2.29. The molecule has 1 N–H and O–H groups in total. The van der Waals surface area contributed by atoms with Crippen LogP contribution >= 0.6 is 0 Å². The summed E-state index contributed by atoms with van der Waals surface area (Å²) in [7, 11) is -3.55. The fraction of sp³-hybridized carbons (Fsp3) is 0.348. The Morgan fingerprint density at radius 1 is 1.00 bits per heavy atom. The van der Waals surface area contributed by atoms with Crippen molar-refractivity contribution in [3.63, 3.8) is 0 Å². The van der Waals surface area contributed by atoms with E-state index in [1.807, 2.05) is 0 Å². The van der Waals surface area contributed by atoms with E-state index < -0.39 is 10.0 Å². The zero-order chi connectivity index (χ0) is 22.9. The van der Waals surface area contributed by atoms with E-state index in [-0.39, 0.29) is 35.5 Å². The Bertz CT molecular complexity index is 1170. The van der Waals surface area contributed by atoms with Gasteiger partial charge in [-0.1, -0.05) is 0 Å². The molecule has 1 saturated heterocycles. The van der Waals surface area contributed by atoms with Crippen molar-refractivity contribution in [1.82, 2.24) is 4.31 Å². The third-order valence-corrected chi connectivity index (χ3v) is 7.73. The summed E-state index contributed by atoms with van der Waals surface area (Å²) in [6.07, 6.45) is 2.36. The first-order chi connectivity index (χ1) is 15.3. The van der Waals surface area contributed by atoms with E-state index in [4.69, 9.17) is 0 Å². The molecule has 1 fully saturated rings. The molecule has 168 valence electrons. The van der Waals surface area contributed by atoms with Gasteiger partial charge in [0.1, 0.15) is 6.54 Å². The van der Waals surface area contributed by atoms with Crippen LogP contribution in [-0.2, 0) is 26.0 Å². The number of carbonyl (C=O) groups excluding carboxylic acids is 3. The molecule has 0 bridgehead atoms. The molecule has 2 aliphatic rings. The van der Waals surface area contributed by atoms with E-state index in [1.54, 1.807) is 36.4 Å². The minimum absolute atomic E-state index is 0.0653. The molecule has 2 aromatic carbocycles. The summed E-state index contributed by atoms with van der Waals surface area (Å²) in [5, 5.41) is 2.73. The van der Waals surface area contributed by atoms with Crippen LogP contribution in [0.3, 0.4) is 0 Å². The number of benzene rings is 2. The van der Waals surface area contributed by atoms with Crippen LogP contribution in [0.4, 0.5) is 11.4 Å². The maximum Gasteiger partial charge on any atom is 0.244 e. The van der Waals surface area contributed by atoms with E-state index in [2.05, 4.69) is 5.32 Å². The summed E-state index contributed by atoms with van der Waals surface area (Å²) in [5.41, 5.74) is 2.37. The monoisotopic (exact) mass is 455 g/mol. The number of aryl methyl sites for hydroxylation is 1. The first-order valence-electron chi connectivity index (χ1n) is 10.6. The van der Waals surface area contributed by atoms with Crippen LogP contribution in [0.15, 0.2) is 47.4 Å². The van der Waals surface area contributed by atoms with Crippen molar-refractivity contribution in [2.45, 2.75) is 37.5 Å². The normalized spacial score (nSPS) is 16.7. The summed E-state index contributed by atoms with van der Waals surface area (Å²) >= 11 is 0. The Balaban J connectivity index is 1.51. The van der Waals surface area contributed by atoms with Gasteiger partial charge in [-0.3, -0.25) is 14.4 Å². The lowest BCUT2D eigenvalue weighted by molar-refractivity contribution is -0.121. The fourth-order valence-electron chi connectivity index (χ4n) is 4.08. The molecule has 0 aromatic heterocycles. The lowest BCUT2D eigenvalue weighted by Crippen LogP contribution is -2.41. The number of ketones is 1. The maximum absolute atomic E-state index is 12.9. The second kappa shape index (κ2) is 8.84. The van der Waals surface area contributed by atoms with Crippen molar-refractivity contribution in [1.29, 1.82) is 0 Å². The van der Waals surface area contributed by atoms with E-state index in [0.717, 1.165) is 18.4 Å². The summed E-state index contributed by atoms with van der Waals surface area (Å²) in [4.78, 5) is 38.1. The Morgan fingerprint density at radius 2 is 1.69 bits per heavy atom. The predicted octanol–water partition coefficient (Wildman–Crippen LogP) is 2.59. The summed E-state index contributed by atoms with van der Waals surface area (Å²) in [6.45, 7) is 2.34. The second-order valence-electron chi connectivity index (χ2n) is 8.06. The Morgan fingerprint density at radius 3 is 2.34 bits per heavy atom. The molecule has 0 saturated carbocycles. The minimum Gasteiger partial charge on any atom is -0.325 e. The van der Waals surface area contributed by atoms with Crippen molar-refractivity contribution in [3.05, 3.63) is 53.6 Å². The van der Waals surface area contributed by atoms with E-state index in [9.17, 15) is 22.8 Å². The van der Waals surface area contributed by atoms with Crippen LogP contribution in [0, 0.1) is 0 Å². The number of fused-ring (bicyclic) bond motifs is 1. The van der Waals surface area contributed by atoms with Crippen LogP contribution in [0.5, 0.6) is 0 Å². The number of hydrogen-bond acceptors (Lipinski definition) is 5. The lowest BCUT2D eigenvalue weighted by atomic mass is 10.0. The van der Waals surface area contributed by atoms with Gasteiger partial charge in [0.15, 0.2) is 5.78 Å². The molecule has 0 spiro atoms. The first-order valence-corrected chi connectivity index (χ1v) is 12.0. The van der Waals surface area contributed by atoms with Crippen molar-refractivity contribution >= 4 is 39.0 Å². The molecule has 0 aliphatic carbocycles. The van der Waals surface area contributed by atoms with Gasteiger partial charge in [0.05, 0.1) is 4.90 Å². The molecule has 0 unspecified atom stereocenters. The van der Waals surface area contributed by atoms with Crippen LogP contribution in [0.1, 0.15) is 42.1 Å². The average Bonchev–Trinajstić information content (AvgIpc) is 3.32. The predicted molar refractivity (Wildman–Crippen MR) is 120 cm³/mol. The Labute approximate surface area is 187 Å². The minimum atomic E-state index is -3.55. The van der Waals surface area contributed by atoms with Gasteiger partial charge in [0.2, 0.25) is 21.8 Å². The van der Waals surface area contributed by atoms with Crippen LogP contribution in [-0.4, -0.2) is 50.0 Å². The number of rotatable bonds is 6. The van der Waals surface area contributed by atoms with Gasteiger partial charge in [-0.15, -0.1) is 0 Å². The zero-order valence-corrected chi connectivity index (χ0v) is 18.7. The molecule has 0 radical (unpaired) electrons. The standard InChI is InChI=1S/C23H25N3O5S/c1-16(27)17-4-7-19(8-5-17)24-22(28)15-26-21-10-9-20(14-18(21)6-11-23(26)29)32(30,31)25-12-2-3-13-25/h4-5,7-10,14H,2-3,6,11-13,15H2,1H3,(H,24,28). The highest BCUT2D eigenvalue weighted by molar-refractivity contribution is 7.89. The molecular formula is C23H25N3O5S. The van der Waals surface area contributed by atoms with Gasteiger partial charge < -0.3 is 10.2 Å². The van der Waals surface area contributed by atoms with Crippen molar-refractivity contribution in [2.75, 3.05) is 29.9 Å². The molecule has 2 heterocycles. The largest absolute Gasteiger partial charge is 0.325 e. The molecule has 9 heteroatoms. The van der Waals surface area contributed by atoms with Gasteiger partial charge in [-0.2, -0.15) is 4.31 Å². The average molecular weight is 456 g/mol. The topological polar surface area (TPSA) is 104 Å². The molecule has 4 rings (SSSR count). The summed E-state index contributed by atoms with van der Waals surface area (Å²) in [5.74, 6) is -0.630. The van der Waals surface area contributed by atoms with E-state index in [0.29, 0.717) is 36.4 Å². The van der Waals surface area contributed by atoms with Gasteiger partial charge in [0, 0.05) is 36.4 Å². The molecule has 0 atom stereocenters. The molecular weight excluding hydrogens is 430 g/mol. The molecule has 32 heavy (non-hydrogen) atoms. The number of sulfonamides is 1. The smallest absolute Gasteiger partial charge is 0.244 e. The van der Waals surface area contributed by atoms with Crippen LogP contribution in [0.25, 0.3) is 0 Å². The highest BCUT2D eigenvalue weighted by Crippen LogP contribution is 2.31. The number of amides is 2. The molecule has 8 nitrogen and oxygen atoms in total. The summed E-state index contributed by atoms with van der Waals surface area (Å²) in [6, 6.07) is 11.3. The van der Waals surface area contributed by atoms with Crippen molar-refractivity contribution in [2.24, 2.45) is 0 Å². The van der Waals surface area contributed by atoms with Gasteiger partial charge in [0.25, 0.3) is 0 Å². The Hall–Kier alpha value is -3.04.